The SMILES string of the molecule is Cc1occc1-c1nnc(SCC(=O)NCCC2=CCCCC2)n1C. The second kappa shape index (κ2) is 8.38. The van der Waals surface area contributed by atoms with Crippen molar-refractivity contribution in [3.05, 3.63) is 29.7 Å². The van der Waals surface area contributed by atoms with Crippen molar-refractivity contribution in [3.8, 4) is 11.4 Å². The van der Waals surface area contributed by atoms with Crippen molar-refractivity contribution in [2.75, 3.05) is 12.3 Å². The van der Waals surface area contributed by atoms with Gasteiger partial charge in [0.05, 0.1) is 17.6 Å². The molecule has 0 aliphatic heterocycles. The number of carbonyl (C=O) groups is 1. The van der Waals surface area contributed by atoms with Crippen molar-refractivity contribution >= 4 is 17.7 Å². The maximum Gasteiger partial charge on any atom is 0.230 e. The average Bonchev–Trinajstić information content (AvgIpc) is 3.19. The Morgan fingerprint density at radius 1 is 1.40 bits per heavy atom. The first-order chi connectivity index (χ1) is 12.1. The van der Waals surface area contributed by atoms with E-state index in [1.54, 1.807) is 6.26 Å². The largest absolute Gasteiger partial charge is 0.469 e. The van der Waals surface area contributed by atoms with E-state index in [-0.39, 0.29) is 5.91 Å². The summed E-state index contributed by atoms with van der Waals surface area (Å²) in [6, 6.07) is 1.88. The van der Waals surface area contributed by atoms with E-state index in [1.807, 2.05) is 24.6 Å². The van der Waals surface area contributed by atoms with E-state index in [4.69, 9.17) is 4.42 Å². The molecule has 1 aliphatic carbocycles. The number of aryl methyl sites for hydroxylation is 1. The topological polar surface area (TPSA) is 72.9 Å². The molecule has 0 saturated carbocycles. The Labute approximate surface area is 152 Å². The lowest BCUT2D eigenvalue weighted by molar-refractivity contribution is -0.118. The fourth-order valence-electron chi connectivity index (χ4n) is 2.97. The van der Waals surface area contributed by atoms with Crippen molar-refractivity contribution in [2.24, 2.45) is 7.05 Å². The van der Waals surface area contributed by atoms with Crippen LogP contribution in [0.15, 0.2) is 33.6 Å². The second-order valence-corrected chi connectivity index (χ2v) is 7.19. The van der Waals surface area contributed by atoms with Gasteiger partial charge in [-0.3, -0.25) is 4.79 Å². The molecule has 25 heavy (non-hydrogen) atoms. The van der Waals surface area contributed by atoms with E-state index in [1.165, 1.54) is 43.0 Å². The number of rotatable bonds is 7. The Hall–Kier alpha value is -2.02. The van der Waals surface area contributed by atoms with E-state index >= 15 is 0 Å². The molecule has 1 aliphatic rings. The molecule has 3 rings (SSSR count). The zero-order valence-corrected chi connectivity index (χ0v) is 15.6. The van der Waals surface area contributed by atoms with Gasteiger partial charge in [0, 0.05) is 13.6 Å². The van der Waals surface area contributed by atoms with Gasteiger partial charge in [-0.1, -0.05) is 23.4 Å². The molecule has 2 heterocycles. The van der Waals surface area contributed by atoms with Crippen LogP contribution in [-0.4, -0.2) is 33.0 Å². The van der Waals surface area contributed by atoms with Crippen LogP contribution in [0.5, 0.6) is 0 Å². The molecule has 0 spiro atoms. The normalized spacial score (nSPS) is 14.4. The Bertz CT molecular complexity index is 763. The van der Waals surface area contributed by atoms with Gasteiger partial charge in [0.1, 0.15) is 5.76 Å². The predicted octanol–water partition coefficient (Wildman–Crippen LogP) is 3.48. The van der Waals surface area contributed by atoms with E-state index in [2.05, 4.69) is 21.6 Å². The van der Waals surface area contributed by atoms with Crippen LogP contribution in [0.25, 0.3) is 11.4 Å². The van der Waals surface area contributed by atoms with Crippen LogP contribution in [0.2, 0.25) is 0 Å². The van der Waals surface area contributed by atoms with Crippen LogP contribution in [0, 0.1) is 6.92 Å². The number of nitrogens with zero attached hydrogens (tertiary/aromatic N) is 3. The van der Waals surface area contributed by atoms with Gasteiger partial charge in [0.15, 0.2) is 11.0 Å². The first-order valence-corrected chi connectivity index (χ1v) is 9.65. The molecule has 0 unspecified atom stereocenters. The highest BCUT2D eigenvalue weighted by Crippen LogP contribution is 2.25. The summed E-state index contributed by atoms with van der Waals surface area (Å²) in [5.41, 5.74) is 2.40. The molecule has 7 heteroatoms. The minimum atomic E-state index is 0.0328. The number of carbonyl (C=O) groups excluding carboxylic acids is 1. The minimum absolute atomic E-state index is 0.0328. The van der Waals surface area contributed by atoms with Gasteiger partial charge in [0.2, 0.25) is 5.91 Å². The Morgan fingerprint density at radius 3 is 3.00 bits per heavy atom. The van der Waals surface area contributed by atoms with Crippen LogP contribution < -0.4 is 5.32 Å². The summed E-state index contributed by atoms with van der Waals surface area (Å²) in [5.74, 6) is 1.93. The van der Waals surface area contributed by atoms with Crippen LogP contribution in [0.4, 0.5) is 0 Å². The van der Waals surface area contributed by atoms with Gasteiger partial charge in [0.25, 0.3) is 0 Å². The zero-order chi connectivity index (χ0) is 17.6. The summed E-state index contributed by atoms with van der Waals surface area (Å²) >= 11 is 1.40. The lowest BCUT2D eigenvalue weighted by atomic mass is 9.97. The molecule has 1 N–H and O–H groups in total. The van der Waals surface area contributed by atoms with E-state index in [0.717, 1.165) is 28.7 Å². The number of amides is 1. The third-order valence-electron chi connectivity index (χ3n) is 4.42. The first-order valence-electron chi connectivity index (χ1n) is 8.66. The molecule has 1 amide bonds. The van der Waals surface area contributed by atoms with Gasteiger partial charge in [-0.05, 0) is 45.1 Å². The van der Waals surface area contributed by atoms with Crippen LogP contribution >= 0.6 is 11.8 Å². The summed E-state index contributed by atoms with van der Waals surface area (Å²) in [7, 11) is 1.90. The number of hydrogen-bond donors (Lipinski definition) is 1. The fraction of sp³-hybridized carbons (Fsp3) is 0.500. The molecule has 0 fully saturated rings. The monoisotopic (exact) mass is 360 g/mol. The Balaban J connectivity index is 1.47. The van der Waals surface area contributed by atoms with Crippen molar-refractivity contribution in [1.29, 1.82) is 0 Å². The number of thioether (sulfide) groups is 1. The molecule has 2 aromatic heterocycles. The molecule has 0 radical (unpaired) electrons. The molecule has 0 bridgehead atoms. The predicted molar refractivity (Wildman–Crippen MR) is 98.3 cm³/mol. The maximum atomic E-state index is 12.0. The van der Waals surface area contributed by atoms with E-state index in [0.29, 0.717) is 12.3 Å². The lowest BCUT2D eigenvalue weighted by Gasteiger charge is -2.12. The zero-order valence-electron chi connectivity index (χ0n) is 14.7. The van der Waals surface area contributed by atoms with Gasteiger partial charge >= 0.3 is 0 Å². The lowest BCUT2D eigenvalue weighted by Crippen LogP contribution is -2.26. The molecule has 6 nitrogen and oxygen atoms in total. The summed E-state index contributed by atoms with van der Waals surface area (Å²) in [4.78, 5) is 12.0. The Morgan fingerprint density at radius 2 is 2.28 bits per heavy atom. The fourth-order valence-corrected chi connectivity index (χ4v) is 3.71. The first kappa shape index (κ1) is 17.8. The third-order valence-corrected chi connectivity index (χ3v) is 5.44. The maximum absolute atomic E-state index is 12.0. The average molecular weight is 360 g/mol. The molecule has 0 atom stereocenters. The van der Waals surface area contributed by atoms with Crippen molar-refractivity contribution < 1.29 is 9.21 Å². The summed E-state index contributed by atoms with van der Waals surface area (Å²) in [5, 5.41) is 12.1. The molecule has 134 valence electrons. The van der Waals surface area contributed by atoms with Gasteiger partial charge in [-0.2, -0.15) is 0 Å². The van der Waals surface area contributed by atoms with Crippen LogP contribution in [0.1, 0.15) is 37.9 Å². The number of allylic oxidation sites excluding steroid dienone is 1. The standard InChI is InChI=1S/C18H24N4O2S/c1-13-15(9-11-24-13)17-20-21-18(22(17)2)25-12-16(23)19-10-8-14-6-4-3-5-7-14/h6,9,11H,3-5,7-8,10,12H2,1-2H3,(H,19,23). The van der Waals surface area contributed by atoms with Crippen LogP contribution in [0.3, 0.4) is 0 Å². The highest BCUT2D eigenvalue weighted by molar-refractivity contribution is 7.99. The quantitative estimate of drug-likeness (QED) is 0.604. The smallest absolute Gasteiger partial charge is 0.230 e. The molecular formula is C18H24N4O2S. The van der Waals surface area contributed by atoms with Gasteiger partial charge in [-0.25, -0.2) is 0 Å². The number of aromatic nitrogens is 3. The van der Waals surface area contributed by atoms with Gasteiger partial charge in [-0.15, -0.1) is 10.2 Å². The second-order valence-electron chi connectivity index (χ2n) is 6.25. The van der Waals surface area contributed by atoms with Crippen LogP contribution in [-0.2, 0) is 11.8 Å². The summed E-state index contributed by atoms with van der Waals surface area (Å²) < 4.78 is 7.21. The van der Waals surface area contributed by atoms with Gasteiger partial charge < -0.3 is 14.3 Å². The molecular weight excluding hydrogens is 336 g/mol. The Kier molecular flexibility index (Phi) is 5.96. The third kappa shape index (κ3) is 4.54. The van der Waals surface area contributed by atoms with E-state index in [9.17, 15) is 4.79 Å². The molecule has 0 saturated heterocycles. The highest BCUT2D eigenvalue weighted by Gasteiger charge is 2.15. The number of nitrogens with one attached hydrogen (secondary N) is 1. The van der Waals surface area contributed by atoms with E-state index < -0.39 is 0 Å². The molecule has 0 aromatic carbocycles. The minimum Gasteiger partial charge on any atom is -0.469 e. The highest BCUT2D eigenvalue weighted by atomic mass is 32.2. The van der Waals surface area contributed by atoms with Crippen molar-refractivity contribution in [3.63, 3.8) is 0 Å². The summed E-state index contributed by atoms with van der Waals surface area (Å²) in [6.45, 7) is 2.61. The van der Waals surface area contributed by atoms with Crippen molar-refractivity contribution in [1.82, 2.24) is 20.1 Å². The number of furan rings is 1. The van der Waals surface area contributed by atoms with Crippen molar-refractivity contribution in [2.45, 2.75) is 44.2 Å². The molecule has 2 aromatic rings. The number of hydrogen-bond acceptors (Lipinski definition) is 5. The summed E-state index contributed by atoms with van der Waals surface area (Å²) in [6.07, 6.45) is 9.86.